The molecule has 0 bridgehead atoms. The minimum atomic E-state index is 0.303. The van der Waals surface area contributed by atoms with E-state index in [-0.39, 0.29) is 0 Å². The minimum absolute atomic E-state index is 0.303. The molecule has 1 aromatic rings. The van der Waals surface area contributed by atoms with Gasteiger partial charge in [0.1, 0.15) is 6.26 Å². The molecule has 0 aliphatic carbocycles. The van der Waals surface area contributed by atoms with Gasteiger partial charge >= 0.3 is 0 Å². The molecule has 1 aromatic heterocycles. The molecule has 15 heavy (non-hydrogen) atoms. The third kappa shape index (κ3) is 2.79. The van der Waals surface area contributed by atoms with Gasteiger partial charge in [0.25, 0.3) is 0 Å². The normalized spacial score (nSPS) is 22.3. The van der Waals surface area contributed by atoms with E-state index in [0.29, 0.717) is 12.6 Å². The fourth-order valence-corrected chi connectivity index (χ4v) is 2.30. The van der Waals surface area contributed by atoms with Gasteiger partial charge in [0.2, 0.25) is 0 Å². The van der Waals surface area contributed by atoms with Crippen molar-refractivity contribution in [1.29, 1.82) is 0 Å². The van der Waals surface area contributed by atoms with Crippen LogP contribution in [0.15, 0.2) is 17.0 Å². The van der Waals surface area contributed by atoms with Crippen molar-refractivity contribution in [3.63, 3.8) is 0 Å². The van der Waals surface area contributed by atoms with Crippen LogP contribution in [-0.2, 0) is 6.54 Å². The smallest absolute Gasteiger partial charge is 0.128 e. The van der Waals surface area contributed by atoms with Crippen molar-refractivity contribution in [3.05, 3.63) is 18.0 Å². The summed E-state index contributed by atoms with van der Waals surface area (Å²) in [7, 11) is 0. The lowest BCUT2D eigenvalue weighted by molar-refractivity contribution is 0.210. The SMILES string of the molecule is OCCCC1CCCN1Cc1cnoc1. The molecule has 4 nitrogen and oxygen atoms in total. The average molecular weight is 210 g/mol. The molecule has 1 aliphatic heterocycles. The second kappa shape index (κ2) is 5.28. The van der Waals surface area contributed by atoms with Crippen molar-refractivity contribution in [1.82, 2.24) is 10.1 Å². The van der Waals surface area contributed by atoms with E-state index >= 15 is 0 Å². The Morgan fingerprint density at radius 1 is 1.60 bits per heavy atom. The third-order valence-electron chi connectivity index (χ3n) is 3.06. The van der Waals surface area contributed by atoms with Crippen molar-refractivity contribution in [2.24, 2.45) is 0 Å². The van der Waals surface area contributed by atoms with Gasteiger partial charge < -0.3 is 9.63 Å². The van der Waals surface area contributed by atoms with Gasteiger partial charge in [-0.2, -0.15) is 0 Å². The summed E-state index contributed by atoms with van der Waals surface area (Å²) in [4.78, 5) is 2.46. The van der Waals surface area contributed by atoms with Crippen LogP contribution in [0.1, 0.15) is 31.2 Å². The molecular weight excluding hydrogens is 192 g/mol. The second-order valence-electron chi connectivity index (χ2n) is 4.17. The Morgan fingerprint density at radius 2 is 2.53 bits per heavy atom. The Labute approximate surface area is 89.9 Å². The highest BCUT2D eigenvalue weighted by molar-refractivity contribution is 5.01. The van der Waals surface area contributed by atoms with Crippen LogP contribution in [0.3, 0.4) is 0 Å². The number of rotatable bonds is 5. The summed E-state index contributed by atoms with van der Waals surface area (Å²) in [5, 5.41) is 12.5. The molecule has 1 N–H and O–H groups in total. The van der Waals surface area contributed by atoms with E-state index in [1.807, 2.05) is 0 Å². The number of aliphatic hydroxyl groups is 1. The fourth-order valence-electron chi connectivity index (χ4n) is 2.30. The monoisotopic (exact) mass is 210 g/mol. The summed E-state index contributed by atoms with van der Waals surface area (Å²) in [6.45, 7) is 2.39. The number of aromatic nitrogens is 1. The molecule has 1 unspecified atom stereocenters. The summed E-state index contributed by atoms with van der Waals surface area (Å²) in [5.74, 6) is 0. The maximum absolute atomic E-state index is 8.83. The minimum Gasteiger partial charge on any atom is -0.396 e. The Hall–Kier alpha value is -0.870. The molecule has 1 aliphatic rings. The molecule has 84 valence electrons. The number of hydrogen-bond acceptors (Lipinski definition) is 4. The largest absolute Gasteiger partial charge is 0.396 e. The van der Waals surface area contributed by atoms with Crippen molar-refractivity contribution in [2.45, 2.75) is 38.3 Å². The molecule has 1 fully saturated rings. The Morgan fingerprint density at radius 3 is 3.27 bits per heavy atom. The van der Waals surface area contributed by atoms with E-state index < -0.39 is 0 Å². The molecule has 1 saturated heterocycles. The Balaban J connectivity index is 1.85. The van der Waals surface area contributed by atoms with Gasteiger partial charge in [-0.3, -0.25) is 4.90 Å². The fraction of sp³-hybridized carbons (Fsp3) is 0.727. The number of aliphatic hydroxyl groups excluding tert-OH is 1. The van der Waals surface area contributed by atoms with Crippen molar-refractivity contribution in [2.75, 3.05) is 13.2 Å². The summed E-state index contributed by atoms with van der Waals surface area (Å²) in [6, 6.07) is 0.632. The lowest BCUT2D eigenvalue weighted by atomic mass is 10.1. The van der Waals surface area contributed by atoms with Crippen LogP contribution in [0.2, 0.25) is 0 Å². The van der Waals surface area contributed by atoms with Gasteiger partial charge in [0.15, 0.2) is 0 Å². The maximum atomic E-state index is 8.83. The van der Waals surface area contributed by atoms with E-state index in [1.54, 1.807) is 12.5 Å². The summed E-state index contributed by atoms with van der Waals surface area (Å²) in [6.07, 6.45) is 8.02. The maximum Gasteiger partial charge on any atom is 0.128 e. The first-order chi connectivity index (χ1) is 7.40. The molecule has 4 heteroatoms. The van der Waals surface area contributed by atoms with Crippen LogP contribution in [0.5, 0.6) is 0 Å². The van der Waals surface area contributed by atoms with Crippen LogP contribution in [0, 0.1) is 0 Å². The van der Waals surface area contributed by atoms with Gasteiger partial charge in [-0.1, -0.05) is 5.16 Å². The summed E-state index contributed by atoms with van der Waals surface area (Å²) < 4.78 is 4.82. The van der Waals surface area contributed by atoms with E-state index in [4.69, 9.17) is 9.63 Å². The van der Waals surface area contributed by atoms with Gasteiger partial charge in [-0.05, 0) is 32.2 Å². The lowest BCUT2D eigenvalue weighted by Crippen LogP contribution is -2.28. The highest BCUT2D eigenvalue weighted by Gasteiger charge is 2.24. The third-order valence-corrected chi connectivity index (χ3v) is 3.06. The van der Waals surface area contributed by atoms with Crippen LogP contribution in [-0.4, -0.2) is 34.4 Å². The van der Waals surface area contributed by atoms with Crippen molar-refractivity contribution < 1.29 is 9.63 Å². The van der Waals surface area contributed by atoms with Crippen LogP contribution in [0.4, 0.5) is 0 Å². The Kier molecular flexibility index (Phi) is 3.75. The van der Waals surface area contributed by atoms with Gasteiger partial charge in [-0.15, -0.1) is 0 Å². The van der Waals surface area contributed by atoms with Gasteiger partial charge in [-0.25, -0.2) is 0 Å². The van der Waals surface area contributed by atoms with E-state index in [2.05, 4.69) is 10.1 Å². The molecule has 0 aromatic carbocycles. The number of likely N-dealkylation sites (tertiary alicyclic amines) is 1. The molecule has 0 amide bonds. The van der Waals surface area contributed by atoms with E-state index in [0.717, 1.165) is 31.5 Å². The average Bonchev–Trinajstić information content (AvgIpc) is 2.87. The first kappa shape index (κ1) is 10.6. The molecule has 1 atom stereocenters. The zero-order valence-corrected chi connectivity index (χ0v) is 8.93. The molecule has 0 saturated carbocycles. The highest BCUT2D eigenvalue weighted by Crippen LogP contribution is 2.23. The summed E-state index contributed by atoms with van der Waals surface area (Å²) in [5.41, 5.74) is 1.14. The van der Waals surface area contributed by atoms with E-state index in [9.17, 15) is 0 Å². The summed E-state index contributed by atoms with van der Waals surface area (Å²) >= 11 is 0. The molecule has 0 radical (unpaired) electrons. The number of nitrogens with zero attached hydrogens (tertiary/aromatic N) is 2. The predicted octanol–water partition coefficient (Wildman–Crippen LogP) is 1.41. The van der Waals surface area contributed by atoms with Crippen LogP contribution < -0.4 is 0 Å². The standard InChI is InChI=1S/C11H18N2O2/c14-6-2-4-11-3-1-5-13(11)8-10-7-12-15-9-10/h7,9,11,14H,1-6,8H2. The molecule has 2 heterocycles. The van der Waals surface area contributed by atoms with Crippen LogP contribution >= 0.6 is 0 Å². The second-order valence-corrected chi connectivity index (χ2v) is 4.17. The molecular formula is C11H18N2O2. The van der Waals surface area contributed by atoms with Crippen molar-refractivity contribution >= 4 is 0 Å². The predicted molar refractivity (Wildman–Crippen MR) is 56.3 cm³/mol. The highest BCUT2D eigenvalue weighted by atomic mass is 16.5. The van der Waals surface area contributed by atoms with Crippen molar-refractivity contribution in [3.8, 4) is 0 Å². The quantitative estimate of drug-likeness (QED) is 0.798. The topological polar surface area (TPSA) is 49.5 Å². The Bertz CT molecular complexity index is 274. The number of hydrogen-bond donors (Lipinski definition) is 1. The zero-order valence-electron chi connectivity index (χ0n) is 8.93. The van der Waals surface area contributed by atoms with Gasteiger partial charge in [0.05, 0.1) is 6.20 Å². The zero-order chi connectivity index (χ0) is 10.5. The molecule has 0 spiro atoms. The van der Waals surface area contributed by atoms with E-state index in [1.165, 1.54) is 12.8 Å². The first-order valence-corrected chi connectivity index (χ1v) is 5.63. The van der Waals surface area contributed by atoms with Crippen LogP contribution in [0.25, 0.3) is 0 Å². The molecule has 2 rings (SSSR count). The lowest BCUT2D eigenvalue weighted by Gasteiger charge is -2.23. The first-order valence-electron chi connectivity index (χ1n) is 5.63. The van der Waals surface area contributed by atoms with Gasteiger partial charge in [0, 0.05) is 24.8 Å².